The van der Waals surface area contributed by atoms with Crippen molar-refractivity contribution >= 4 is 64.9 Å². The van der Waals surface area contributed by atoms with Crippen LogP contribution in [0.2, 0.25) is 10.0 Å². The Morgan fingerprint density at radius 3 is 2.54 bits per heavy atom. The van der Waals surface area contributed by atoms with E-state index in [1.54, 1.807) is 0 Å². The molecule has 0 aromatic heterocycles. The van der Waals surface area contributed by atoms with Crippen LogP contribution < -0.4 is 10.5 Å². The molecule has 0 aliphatic heterocycles. The zero-order chi connectivity index (χ0) is 9.14. The third-order valence-corrected chi connectivity index (χ3v) is 1.76. The molecule has 0 atom stereocenters. The molecular weight excluding hydrogens is 224 g/mol. The van der Waals surface area contributed by atoms with Crippen LogP contribution in [0, 0.1) is 0 Å². The summed E-state index contributed by atoms with van der Waals surface area (Å²) < 4.78 is 4.52. The number of nitrogens with two attached hydrogens (primary N) is 1. The SMILES string of the molecule is Nc1c(Cl)cc(Cl)cc1OC=O.[NaH]. The summed E-state index contributed by atoms with van der Waals surface area (Å²) in [5.74, 6) is 0.169. The minimum atomic E-state index is 0. The molecule has 6 heteroatoms. The van der Waals surface area contributed by atoms with E-state index in [1.165, 1.54) is 12.1 Å². The van der Waals surface area contributed by atoms with E-state index in [1.807, 2.05) is 0 Å². The van der Waals surface area contributed by atoms with Crippen LogP contribution >= 0.6 is 23.2 Å². The average Bonchev–Trinajstić information content (AvgIpc) is 2.00. The quantitative estimate of drug-likeness (QED) is 0.475. The van der Waals surface area contributed by atoms with Crippen molar-refractivity contribution in [1.82, 2.24) is 0 Å². The van der Waals surface area contributed by atoms with Crippen molar-refractivity contribution in [1.29, 1.82) is 0 Å². The normalized spacial score (nSPS) is 8.77. The van der Waals surface area contributed by atoms with Gasteiger partial charge in [-0.2, -0.15) is 0 Å². The minimum absolute atomic E-state index is 0. The molecule has 0 amide bonds. The Morgan fingerprint density at radius 2 is 2.00 bits per heavy atom. The van der Waals surface area contributed by atoms with Gasteiger partial charge in [-0.1, -0.05) is 23.2 Å². The molecule has 0 bridgehead atoms. The topological polar surface area (TPSA) is 52.3 Å². The summed E-state index contributed by atoms with van der Waals surface area (Å²) in [4.78, 5) is 9.99. The van der Waals surface area contributed by atoms with E-state index in [0.29, 0.717) is 5.02 Å². The Labute approximate surface area is 107 Å². The molecule has 1 rings (SSSR count). The van der Waals surface area contributed by atoms with E-state index < -0.39 is 0 Å². The van der Waals surface area contributed by atoms with Gasteiger partial charge in [-0.25, -0.2) is 0 Å². The fourth-order valence-electron chi connectivity index (χ4n) is 0.710. The second-order valence-electron chi connectivity index (χ2n) is 2.01. The number of hydrogen-bond donors (Lipinski definition) is 1. The Balaban J connectivity index is 0.00000144. The summed E-state index contributed by atoms with van der Waals surface area (Å²) in [6, 6.07) is 2.88. The van der Waals surface area contributed by atoms with Gasteiger partial charge >= 0.3 is 29.6 Å². The molecule has 1 aromatic carbocycles. The van der Waals surface area contributed by atoms with Crippen molar-refractivity contribution in [2.75, 3.05) is 5.73 Å². The standard InChI is InChI=1S/C7H5Cl2NO2.Na.H/c8-4-1-5(9)7(10)6(2-4)12-3-11;;/h1-3H,10H2;;. The zero-order valence-electron chi connectivity index (χ0n) is 5.88. The van der Waals surface area contributed by atoms with Gasteiger partial charge < -0.3 is 10.5 Å². The van der Waals surface area contributed by atoms with Gasteiger partial charge in [0, 0.05) is 11.1 Å². The van der Waals surface area contributed by atoms with E-state index >= 15 is 0 Å². The first-order chi connectivity index (χ1) is 5.65. The first-order valence-electron chi connectivity index (χ1n) is 3.00. The van der Waals surface area contributed by atoms with E-state index in [2.05, 4.69) is 4.74 Å². The predicted octanol–water partition coefficient (Wildman–Crippen LogP) is 1.46. The number of carbonyl (C=O) groups is 1. The van der Waals surface area contributed by atoms with Gasteiger partial charge in [-0.05, 0) is 6.07 Å². The van der Waals surface area contributed by atoms with Crippen LogP contribution in [-0.4, -0.2) is 36.0 Å². The maximum atomic E-state index is 9.99. The number of rotatable bonds is 2. The Morgan fingerprint density at radius 1 is 1.38 bits per heavy atom. The first-order valence-corrected chi connectivity index (χ1v) is 3.75. The van der Waals surface area contributed by atoms with Crippen LogP contribution in [0.25, 0.3) is 0 Å². The fourth-order valence-corrected chi connectivity index (χ4v) is 1.19. The molecule has 1 aromatic rings. The van der Waals surface area contributed by atoms with Gasteiger partial charge in [0.1, 0.15) is 0 Å². The molecule has 0 saturated heterocycles. The molecule has 66 valence electrons. The molecule has 2 N–H and O–H groups in total. The monoisotopic (exact) mass is 229 g/mol. The van der Waals surface area contributed by atoms with E-state index in [9.17, 15) is 4.79 Å². The third kappa shape index (κ3) is 3.37. The van der Waals surface area contributed by atoms with Crippen LogP contribution in [0.5, 0.6) is 5.75 Å². The Kier molecular flexibility index (Phi) is 5.76. The fraction of sp³-hybridized carbons (Fsp3) is 0. The van der Waals surface area contributed by atoms with Gasteiger partial charge in [-0.15, -0.1) is 0 Å². The summed E-state index contributed by atoms with van der Waals surface area (Å²) in [5.41, 5.74) is 5.67. The number of nitrogen functional groups attached to an aromatic ring is 1. The molecular formula is C7H6Cl2NNaO2. The Hall–Kier alpha value is 0.0700. The van der Waals surface area contributed by atoms with Crippen LogP contribution in [0.3, 0.4) is 0 Å². The molecule has 0 aliphatic rings. The number of carbonyl (C=O) groups excluding carboxylic acids is 1. The summed E-state index contributed by atoms with van der Waals surface area (Å²) in [7, 11) is 0. The molecule has 0 unspecified atom stereocenters. The van der Waals surface area contributed by atoms with Gasteiger partial charge in [0.25, 0.3) is 6.47 Å². The second kappa shape index (κ2) is 5.73. The second-order valence-corrected chi connectivity index (χ2v) is 2.86. The number of hydrogen-bond acceptors (Lipinski definition) is 3. The molecule has 0 aliphatic carbocycles. The van der Waals surface area contributed by atoms with Gasteiger partial charge in [0.15, 0.2) is 5.75 Å². The summed E-state index contributed by atoms with van der Waals surface area (Å²) in [6.07, 6.45) is 0. The van der Waals surface area contributed by atoms with E-state index in [-0.39, 0.29) is 52.5 Å². The summed E-state index contributed by atoms with van der Waals surface area (Å²) in [5, 5.41) is 0.630. The number of anilines is 1. The van der Waals surface area contributed by atoms with Gasteiger partial charge in [0.05, 0.1) is 10.7 Å². The zero-order valence-corrected chi connectivity index (χ0v) is 7.39. The van der Waals surface area contributed by atoms with E-state index in [0.717, 1.165) is 0 Å². The average molecular weight is 230 g/mol. The summed E-state index contributed by atoms with van der Waals surface area (Å²) in [6.45, 7) is 0.262. The summed E-state index contributed by atoms with van der Waals surface area (Å²) >= 11 is 11.3. The molecule has 0 heterocycles. The van der Waals surface area contributed by atoms with Crippen LogP contribution in [0.15, 0.2) is 12.1 Å². The van der Waals surface area contributed by atoms with Crippen LogP contribution in [-0.2, 0) is 4.79 Å². The van der Waals surface area contributed by atoms with Crippen molar-refractivity contribution in [3.05, 3.63) is 22.2 Å². The molecule has 0 spiro atoms. The molecule has 0 radical (unpaired) electrons. The van der Waals surface area contributed by atoms with Crippen molar-refractivity contribution in [2.45, 2.75) is 0 Å². The predicted molar refractivity (Wildman–Crippen MR) is 54.7 cm³/mol. The van der Waals surface area contributed by atoms with Crippen molar-refractivity contribution in [3.63, 3.8) is 0 Å². The van der Waals surface area contributed by atoms with Crippen LogP contribution in [0.1, 0.15) is 0 Å². The molecule has 13 heavy (non-hydrogen) atoms. The maximum absolute atomic E-state index is 9.99. The third-order valence-electron chi connectivity index (χ3n) is 1.23. The number of ether oxygens (including phenoxy) is 1. The Bertz CT molecular complexity index is 320. The van der Waals surface area contributed by atoms with Crippen molar-refractivity contribution < 1.29 is 9.53 Å². The molecule has 0 fully saturated rings. The molecule has 3 nitrogen and oxygen atoms in total. The molecule has 0 saturated carbocycles. The van der Waals surface area contributed by atoms with E-state index in [4.69, 9.17) is 28.9 Å². The van der Waals surface area contributed by atoms with Crippen molar-refractivity contribution in [2.24, 2.45) is 0 Å². The van der Waals surface area contributed by atoms with Gasteiger partial charge in [0.2, 0.25) is 0 Å². The van der Waals surface area contributed by atoms with Crippen molar-refractivity contribution in [3.8, 4) is 5.75 Å². The van der Waals surface area contributed by atoms with Gasteiger partial charge in [-0.3, -0.25) is 4.79 Å². The van der Waals surface area contributed by atoms with Crippen LogP contribution in [0.4, 0.5) is 5.69 Å². The number of benzene rings is 1. The number of halogens is 2. The first kappa shape index (κ1) is 13.1.